The van der Waals surface area contributed by atoms with Crippen LogP contribution in [0.5, 0.6) is 0 Å². The van der Waals surface area contributed by atoms with Gasteiger partial charge in [-0.3, -0.25) is 9.59 Å². The van der Waals surface area contributed by atoms with E-state index in [9.17, 15) is 9.59 Å². The lowest BCUT2D eigenvalue weighted by molar-refractivity contribution is -0.113. The summed E-state index contributed by atoms with van der Waals surface area (Å²) in [5.74, 6) is 0.550. The number of rotatable bonds is 8. The molecule has 0 bridgehead atoms. The topological polar surface area (TPSA) is 88.9 Å². The second-order valence-electron chi connectivity index (χ2n) is 6.32. The molecule has 1 aromatic heterocycles. The minimum absolute atomic E-state index is 0.179. The molecule has 0 atom stereocenters. The molecule has 3 rings (SSSR count). The maximum absolute atomic E-state index is 12.6. The Balaban J connectivity index is 1.60. The zero-order chi connectivity index (χ0) is 20.6. The van der Waals surface area contributed by atoms with Crippen molar-refractivity contribution < 1.29 is 9.59 Å². The Morgan fingerprint density at radius 1 is 1.03 bits per heavy atom. The highest BCUT2D eigenvalue weighted by Gasteiger charge is 2.15. The van der Waals surface area contributed by atoms with Crippen LogP contribution in [0, 0.1) is 6.92 Å². The summed E-state index contributed by atoms with van der Waals surface area (Å²) in [5, 5.41) is 14.6. The average molecular weight is 410 g/mol. The van der Waals surface area contributed by atoms with Gasteiger partial charge in [-0.25, -0.2) is 0 Å². The van der Waals surface area contributed by atoms with E-state index in [1.54, 1.807) is 24.3 Å². The van der Waals surface area contributed by atoms with Crippen LogP contribution in [-0.2, 0) is 17.9 Å². The molecule has 29 heavy (non-hydrogen) atoms. The Hall–Kier alpha value is -3.13. The standard InChI is InChI=1S/C21H23N5O2S/c1-3-26-15(2)24-25-21(26)29-14-19(27)23-18-12-8-7-11-17(18)20(28)22-13-16-9-5-4-6-10-16/h4-12H,3,13-14H2,1-2H3,(H,22,28)(H,23,27). The minimum atomic E-state index is -0.237. The van der Waals surface area contributed by atoms with Gasteiger partial charge in [0.25, 0.3) is 5.91 Å². The molecule has 8 heteroatoms. The number of nitrogens with one attached hydrogen (secondary N) is 2. The van der Waals surface area contributed by atoms with Gasteiger partial charge in [0.15, 0.2) is 5.16 Å². The predicted octanol–water partition coefficient (Wildman–Crippen LogP) is 3.27. The first-order valence-corrected chi connectivity index (χ1v) is 10.3. The third-order valence-corrected chi connectivity index (χ3v) is 5.26. The number of amides is 2. The van der Waals surface area contributed by atoms with Crippen LogP contribution in [0.15, 0.2) is 59.8 Å². The summed E-state index contributed by atoms with van der Waals surface area (Å²) >= 11 is 1.32. The number of anilines is 1. The summed E-state index contributed by atoms with van der Waals surface area (Å²) in [6.45, 7) is 5.05. The molecule has 0 radical (unpaired) electrons. The number of nitrogens with zero attached hydrogens (tertiary/aromatic N) is 3. The minimum Gasteiger partial charge on any atom is -0.348 e. The van der Waals surface area contributed by atoms with Gasteiger partial charge in [0.05, 0.1) is 17.0 Å². The number of aromatic nitrogens is 3. The van der Waals surface area contributed by atoms with E-state index in [2.05, 4.69) is 20.8 Å². The average Bonchev–Trinajstić information content (AvgIpc) is 3.11. The number of carbonyl (C=O) groups is 2. The molecular formula is C21H23N5O2S. The Bertz CT molecular complexity index is 988. The van der Waals surface area contributed by atoms with Gasteiger partial charge in [-0.2, -0.15) is 0 Å². The van der Waals surface area contributed by atoms with Crippen LogP contribution >= 0.6 is 11.8 Å². The molecule has 3 aromatic rings. The van der Waals surface area contributed by atoms with Crippen LogP contribution < -0.4 is 10.6 Å². The maximum atomic E-state index is 12.6. The third kappa shape index (κ3) is 5.45. The summed E-state index contributed by atoms with van der Waals surface area (Å²) < 4.78 is 1.95. The maximum Gasteiger partial charge on any atom is 0.253 e. The van der Waals surface area contributed by atoms with Crippen LogP contribution in [-0.4, -0.2) is 32.3 Å². The largest absolute Gasteiger partial charge is 0.348 e. The van der Waals surface area contributed by atoms with Gasteiger partial charge in [-0.15, -0.1) is 10.2 Å². The van der Waals surface area contributed by atoms with Crippen molar-refractivity contribution >= 4 is 29.3 Å². The van der Waals surface area contributed by atoms with E-state index < -0.39 is 0 Å². The molecule has 2 amide bonds. The highest BCUT2D eigenvalue weighted by molar-refractivity contribution is 7.99. The molecule has 0 saturated heterocycles. The Labute approximate surface area is 173 Å². The van der Waals surface area contributed by atoms with Gasteiger partial charge in [-0.05, 0) is 31.5 Å². The first-order valence-electron chi connectivity index (χ1n) is 9.32. The van der Waals surface area contributed by atoms with E-state index in [1.807, 2.05) is 48.7 Å². The predicted molar refractivity (Wildman–Crippen MR) is 114 cm³/mol. The van der Waals surface area contributed by atoms with Crippen molar-refractivity contribution in [3.05, 3.63) is 71.5 Å². The molecule has 1 heterocycles. The number of hydrogen-bond donors (Lipinski definition) is 2. The lowest BCUT2D eigenvalue weighted by atomic mass is 10.1. The van der Waals surface area contributed by atoms with Gasteiger partial charge in [0, 0.05) is 13.1 Å². The fraction of sp³-hybridized carbons (Fsp3) is 0.238. The fourth-order valence-corrected chi connectivity index (χ4v) is 3.66. The molecular weight excluding hydrogens is 386 g/mol. The van der Waals surface area contributed by atoms with Crippen molar-refractivity contribution in [2.45, 2.75) is 32.1 Å². The summed E-state index contributed by atoms with van der Waals surface area (Å²) in [5.41, 5.74) is 1.92. The number of benzene rings is 2. The Morgan fingerprint density at radius 2 is 1.76 bits per heavy atom. The van der Waals surface area contributed by atoms with Gasteiger partial charge in [-0.1, -0.05) is 54.2 Å². The van der Waals surface area contributed by atoms with E-state index >= 15 is 0 Å². The van der Waals surface area contributed by atoms with Gasteiger partial charge in [0.2, 0.25) is 5.91 Å². The zero-order valence-corrected chi connectivity index (χ0v) is 17.2. The van der Waals surface area contributed by atoms with Crippen molar-refractivity contribution in [3.63, 3.8) is 0 Å². The smallest absolute Gasteiger partial charge is 0.253 e. The van der Waals surface area contributed by atoms with Gasteiger partial charge in [0.1, 0.15) is 5.82 Å². The second-order valence-corrected chi connectivity index (χ2v) is 7.27. The zero-order valence-electron chi connectivity index (χ0n) is 16.4. The molecule has 2 N–H and O–H groups in total. The number of carbonyl (C=O) groups excluding carboxylic acids is 2. The summed E-state index contributed by atoms with van der Waals surface area (Å²) in [7, 11) is 0. The monoisotopic (exact) mass is 409 g/mol. The molecule has 2 aromatic carbocycles. The number of thioether (sulfide) groups is 1. The van der Waals surface area contributed by atoms with E-state index in [4.69, 9.17) is 0 Å². The quantitative estimate of drug-likeness (QED) is 0.558. The van der Waals surface area contributed by atoms with Crippen LogP contribution in [0.25, 0.3) is 0 Å². The summed E-state index contributed by atoms with van der Waals surface area (Å²) in [6, 6.07) is 16.6. The van der Waals surface area contributed by atoms with E-state index in [0.717, 1.165) is 17.9 Å². The lowest BCUT2D eigenvalue weighted by Crippen LogP contribution is -2.25. The lowest BCUT2D eigenvalue weighted by Gasteiger charge is -2.11. The Kier molecular flexibility index (Phi) is 7.02. The van der Waals surface area contributed by atoms with E-state index in [0.29, 0.717) is 23.0 Å². The molecule has 0 spiro atoms. The molecule has 0 fully saturated rings. The third-order valence-electron chi connectivity index (χ3n) is 4.29. The normalized spacial score (nSPS) is 10.6. The summed E-state index contributed by atoms with van der Waals surface area (Å²) in [6.07, 6.45) is 0. The van der Waals surface area contributed by atoms with Crippen LogP contribution in [0.4, 0.5) is 5.69 Å². The first kappa shape index (κ1) is 20.6. The van der Waals surface area contributed by atoms with Crippen molar-refractivity contribution in [2.75, 3.05) is 11.1 Å². The van der Waals surface area contributed by atoms with E-state index in [1.165, 1.54) is 11.8 Å². The molecule has 0 unspecified atom stereocenters. The van der Waals surface area contributed by atoms with Crippen LogP contribution in [0.2, 0.25) is 0 Å². The molecule has 0 saturated carbocycles. The van der Waals surface area contributed by atoms with Crippen molar-refractivity contribution in [1.29, 1.82) is 0 Å². The Morgan fingerprint density at radius 3 is 2.52 bits per heavy atom. The number of hydrogen-bond acceptors (Lipinski definition) is 5. The number of para-hydroxylation sites is 1. The number of aryl methyl sites for hydroxylation is 1. The van der Waals surface area contributed by atoms with Gasteiger partial charge < -0.3 is 15.2 Å². The first-order chi connectivity index (χ1) is 14.1. The molecule has 7 nitrogen and oxygen atoms in total. The van der Waals surface area contributed by atoms with Crippen molar-refractivity contribution in [2.24, 2.45) is 0 Å². The van der Waals surface area contributed by atoms with Crippen molar-refractivity contribution in [3.8, 4) is 0 Å². The van der Waals surface area contributed by atoms with Crippen LogP contribution in [0.1, 0.15) is 28.7 Å². The SMILES string of the molecule is CCn1c(C)nnc1SCC(=O)Nc1ccccc1C(=O)NCc1ccccc1. The highest BCUT2D eigenvalue weighted by Crippen LogP contribution is 2.19. The second kappa shape index (κ2) is 9.88. The fourth-order valence-electron chi connectivity index (χ4n) is 2.81. The molecule has 150 valence electrons. The van der Waals surface area contributed by atoms with Gasteiger partial charge >= 0.3 is 0 Å². The van der Waals surface area contributed by atoms with E-state index in [-0.39, 0.29) is 17.6 Å². The molecule has 0 aliphatic heterocycles. The molecule has 0 aliphatic rings. The summed E-state index contributed by atoms with van der Waals surface area (Å²) in [4.78, 5) is 25.0. The molecule has 0 aliphatic carbocycles. The van der Waals surface area contributed by atoms with Crippen molar-refractivity contribution in [1.82, 2.24) is 20.1 Å². The van der Waals surface area contributed by atoms with Crippen LogP contribution in [0.3, 0.4) is 0 Å². The highest BCUT2D eigenvalue weighted by atomic mass is 32.2.